The van der Waals surface area contributed by atoms with Crippen LogP contribution in [0.15, 0.2) is 42.5 Å². The Morgan fingerprint density at radius 2 is 1.68 bits per heavy atom. The van der Waals surface area contributed by atoms with E-state index in [0.29, 0.717) is 13.0 Å². The molecule has 0 heterocycles. The largest absolute Gasteiger partial charge is 0.481 e. The number of rotatable bonds is 14. The van der Waals surface area contributed by atoms with Gasteiger partial charge in [-0.05, 0) is 56.0 Å². The van der Waals surface area contributed by atoms with Crippen LogP contribution in [-0.2, 0) is 11.2 Å². The molecule has 2 aromatic rings. The molecule has 2 aromatic carbocycles. The highest BCUT2D eigenvalue weighted by atomic mass is 16.4. The van der Waals surface area contributed by atoms with E-state index in [0.717, 1.165) is 54.0 Å². The van der Waals surface area contributed by atoms with Gasteiger partial charge in [0, 0.05) is 50.0 Å². The number of hydrogen-bond acceptors (Lipinski definition) is 3. The fourth-order valence-corrected chi connectivity index (χ4v) is 4.10. The molecule has 6 heteroatoms. The number of carboxylic acids is 1. The first-order valence-corrected chi connectivity index (χ1v) is 12.6. The quantitative estimate of drug-likeness (QED) is 0.318. The summed E-state index contributed by atoms with van der Waals surface area (Å²) >= 11 is 0. The van der Waals surface area contributed by atoms with E-state index in [2.05, 4.69) is 49.2 Å². The molecular formula is C28H41N3O3. The third-order valence-corrected chi connectivity index (χ3v) is 6.20. The van der Waals surface area contributed by atoms with E-state index in [9.17, 15) is 9.59 Å². The van der Waals surface area contributed by atoms with E-state index in [-0.39, 0.29) is 12.5 Å². The van der Waals surface area contributed by atoms with Gasteiger partial charge in [-0.15, -0.1) is 0 Å². The van der Waals surface area contributed by atoms with Gasteiger partial charge in [-0.2, -0.15) is 0 Å². The van der Waals surface area contributed by atoms with Crippen LogP contribution in [0, 0.1) is 0 Å². The second kappa shape index (κ2) is 14.3. The number of nitrogens with one attached hydrogen (secondary N) is 1. The smallest absolute Gasteiger partial charge is 0.321 e. The standard InChI is InChI=1S/C28H41N3O3/c1-5-8-9-10-11-19-29-28(34)30(4)24-14-12-13-23(21-24)25-17-15-22(16-18-27(32)33)20-26(25)31(6-2)7-3/h12-15,17,20-21H,5-11,16,18-19H2,1-4H3,(H,29,34)(H,32,33). The van der Waals surface area contributed by atoms with Crippen LogP contribution in [0.25, 0.3) is 11.1 Å². The molecule has 0 unspecified atom stereocenters. The van der Waals surface area contributed by atoms with Gasteiger partial charge in [0.25, 0.3) is 0 Å². The lowest BCUT2D eigenvalue weighted by Gasteiger charge is -2.26. The molecule has 0 saturated carbocycles. The number of amides is 2. The van der Waals surface area contributed by atoms with E-state index in [1.165, 1.54) is 19.3 Å². The number of carbonyl (C=O) groups excluding carboxylic acids is 1. The molecule has 0 fully saturated rings. The number of benzene rings is 2. The summed E-state index contributed by atoms with van der Waals surface area (Å²) in [5.74, 6) is -0.788. The molecular weight excluding hydrogens is 426 g/mol. The number of carbonyl (C=O) groups is 2. The molecule has 34 heavy (non-hydrogen) atoms. The fraction of sp³-hybridized carbons (Fsp3) is 0.500. The molecule has 2 N–H and O–H groups in total. The molecule has 186 valence electrons. The molecule has 6 nitrogen and oxygen atoms in total. The van der Waals surface area contributed by atoms with Gasteiger partial charge < -0.3 is 15.3 Å². The lowest BCUT2D eigenvalue weighted by Crippen LogP contribution is -2.37. The van der Waals surface area contributed by atoms with Crippen LogP contribution in [0.3, 0.4) is 0 Å². The summed E-state index contributed by atoms with van der Waals surface area (Å²) in [4.78, 5) is 27.6. The first kappa shape index (κ1) is 27.2. The SMILES string of the molecule is CCCCCCCNC(=O)N(C)c1cccc(-c2ccc(CCC(=O)O)cc2N(CC)CC)c1. The van der Waals surface area contributed by atoms with Crippen molar-refractivity contribution in [2.45, 2.75) is 65.7 Å². The zero-order valence-electron chi connectivity index (χ0n) is 21.3. The highest BCUT2D eigenvalue weighted by molar-refractivity contribution is 5.92. The summed E-state index contributed by atoms with van der Waals surface area (Å²) in [5.41, 5.74) is 5.04. The lowest BCUT2D eigenvalue weighted by atomic mass is 9.98. The summed E-state index contributed by atoms with van der Waals surface area (Å²) in [7, 11) is 1.80. The number of urea groups is 1. The maximum absolute atomic E-state index is 12.7. The molecule has 0 aliphatic carbocycles. The normalized spacial score (nSPS) is 10.7. The fourth-order valence-electron chi connectivity index (χ4n) is 4.10. The molecule has 0 radical (unpaired) electrons. The Morgan fingerprint density at radius 3 is 2.35 bits per heavy atom. The van der Waals surface area contributed by atoms with Gasteiger partial charge in [0.05, 0.1) is 0 Å². The van der Waals surface area contributed by atoms with Crippen LogP contribution in [-0.4, -0.2) is 43.8 Å². The summed E-state index contributed by atoms with van der Waals surface area (Å²) in [6, 6.07) is 14.1. The second-order valence-electron chi connectivity index (χ2n) is 8.67. The van der Waals surface area contributed by atoms with Crippen molar-refractivity contribution in [3.05, 3.63) is 48.0 Å². The molecule has 0 saturated heterocycles. The molecule has 2 rings (SSSR count). The Hall–Kier alpha value is -3.02. The van der Waals surface area contributed by atoms with Gasteiger partial charge in [-0.3, -0.25) is 9.69 Å². The number of hydrogen-bond donors (Lipinski definition) is 2. The highest BCUT2D eigenvalue weighted by Gasteiger charge is 2.15. The molecule has 2 amide bonds. The van der Waals surface area contributed by atoms with Gasteiger partial charge in [-0.1, -0.05) is 56.9 Å². The van der Waals surface area contributed by atoms with Gasteiger partial charge in [0.15, 0.2) is 0 Å². The Bertz CT molecular complexity index is 925. The number of aryl methyl sites for hydroxylation is 1. The van der Waals surface area contributed by atoms with Crippen molar-refractivity contribution in [3.8, 4) is 11.1 Å². The molecule has 0 bridgehead atoms. The summed E-state index contributed by atoms with van der Waals surface area (Å²) in [5, 5.41) is 12.1. The van der Waals surface area contributed by atoms with Crippen molar-refractivity contribution < 1.29 is 14.7 Å². The molecule has 0 spiro atoms. The van der Waals surface area contributed by atoms with E-state index >= 15 is 0 Å². The van der Waals surface area contributed by atoms with E-state index < -0.39 is 5.97 Å². The molecule has 0 aliphatic heterocycles. The minimum atomic E-state index is -0.788. The minimum absolute atomic E-state index is 0.0966. The van der Waals surface area contributed by atoms with Gasteiger partial charge in [-0.25, -0.2) is 4.79 Å². The molecule has 0 atom stereocenters. The van der Waals surface area contributed by atoms with Crippen LogP contribution in [0.1, 0.15) is 64.9 Å². The van der Waals surface area contributed by atoms with Crippen molar-refractivity contribution in [1.82, 2.24) is 5.32 Å². The zero-order valence-corrected chi connectivity index (χ0v) is 21.3. The first-order valence-electron chi connectivity index (χ1n) is 12.6. The van der Waals surface area contributed by atoms with Gasteiger partial charge in [0.2, 0.25) is 0 Å². The number of anilines is 2. The summed E-state index contributed by atoms with van der Waals surface area (Å²) in [6.45, 7) is 8.83. The maximum Gasteiger partial charge on any atom is 0.321 e. The Kier molecular flexibility index (Phi) is 11.4. The van der Waals surface area contributed by atoms with E-state index in [1.807, 2.05) is 24.3 Å². The number of aliphatic carboxylic acids is 1. The summed E-state index contributed by atoms with van der Waals surface area (Å²) < 4.78 is 0. The Morgan fingerprint density at radius 1 is 0.941 bits per heavy atom. The zero-order chi connectivity index (χ0) is 24.9. The van der Waals surface area contributed by atoms with E-state index in [4.69, 9.17) is 5.11 Å². The predicted molar refractivity (Wildman–Crippen MR) is 142 cm³/mol. The first-order chi connectivity index (χ1) is 16.4. The average Bonchev–Trinajstić information content (AvgIpc) is 2.85. The van der Waals surface area contributed by atoms with E-state index in [1.54, 1.807) is 11.9 Å². The van der Waals surface area contributed by atoms with Crippen LogP contribution in [0.2, 0.25) is 0 Å². The Labute approximate surface area is 205 Å². The number of unbranched alkanes of at least 4 members (excludes halogenated alkanes) is 4. The van der Waals surface area contributed by atoms with Crippen molar-refractivity contribution in [1.29, 1.82) is 0 Å². The highest BCUT2D eigenvalue weighted by Crippen LogP contribution is 2.34. The van der Waals surface area contributed by atoms with Crippen LogP contribution < -0.4 is 15.1 Å². The van der Waals surface area contributed by atoms with Crippen molar-refractivity contribution >= 4 is 23.4 Å². The summed E-state index contributed by atoms with van der Waals surface area (Å²) in [6.07, 6.45) is 6.44. The molecule has 0 aliphatic rings. The van der Waals surface area contributed by atoms with Crippen LogP contribution in [0.5, 0.6) is 0 Å². The van der Waals surface area contributed by atoms with Crippen molar-refractivity contribution in [2.24, 2.45) is 0 Å². The maximum atomic E-state index is 12.7. The second-order valence-corrected chi connectivity index (χ2v) is 8.67. The lowest BCUT2D eigenvalue weighted by molar-refractivity contribution is -0.136. The van der Waals surface area contributed by atoms with Gasteiger partial charge in [0.1, 0.15) is 0 Å². The number of carboxylic acid groups (broad SMARTS) is 1. The van der Waals surface area contributed by atoms with Crippen molar-refractivity contribution in [2.75, 3.05) is 36.5 Å². The van der Waals surface area contributed by atoms with Crippen LogP contribution >= 0.6 is 0 Å². The third-order valence-electron chi connectivity index (χ3n) is 6.20. The van der Waals surface area contributed by atoms with Gasteiger partial charge >= 0.3 is 12.0 Å². The average molecular weight is 468 g/mol. The predicted octanol–water partition coefficient (Wildman–Crippen LogP) is 6.33. The number of nitrogens with zero attached hydrogens (tertiary/aromatic N) is 2. The molecule has 0 aromatic heterocycles. The van der Waals surface area contributed by atoms with Crippen LogP contribution in [0.4, 0.5) is 16.2 Å². The topological polar surface area (TPSA) is 72.9 Å². The minimum Gasteiger partial charge on any atom is -0.481 e. The van der Waals surface area contributed by atoms with Crippen molar-refractivity contribution in [3.63, 3.8) is 0 Å². The third kappa shape index (κ3) is 8.08. The Balaban J connectivity index is 2.21. The monoisotopic (exact) mass is 467 g/mol.